The highest BCUT2D eigenvalue weighted by Crippen LogP contribution is 2.44. The van der Waals surface area contributed by atoms with Crippen LogP contribution in [0.2, 0.25) is 0 Å². The number of nitrogens with one attached hydrogen (secondary N) is 2. The summed E-state index contributed by atoms with van der Waals surface area (Å²) < 4.78 is 56.9. The number of ether oxygens (including phenoxy) is 2. The number of urea groups is 1. The molecule has 1 spiro atoms. The van der Waals surface area contributed by atoms with Crippen LogP contribution in [0.4, 0.5) is 18.0 Å². The number of likely N-dealkylation sites (tertiary alicyclic amines) is 2. The highest BCUT2D eigenvalue weighted by molar-refractivity contribution is 7.10. The highest BCUT2D eigenvalue weighted by Gasteiger charge is 2.51. The number of amides is 5. The molecule has 16 nitrogen and oxygen atoms in total. The van der Waals surface area contributed by atoms with Crippen LogP contribution < -0.4 is 10.7 Å². The summed E-state index contributed by atoms with van der Waals surface area (Å²) in [5.74, 6) is -2.17. The standard InChI is InChI=1S/C50H62F3N9O7S/c1-9-40(63)59-19-16-49(24-59)25-60(26-49)47(67)58(7)42(29(2)3)44(64)56-36-21-39-55-37(23-70-39)31-14-15-38-33(20-31)34(22-48(5,6)28-69-46(66)35-13-11-18-62(57-35)45(36)65)43(61(38)27-50(51,52)53)32-12-10-17-54-41(32)30(4)68-8/h9-10,12,14-15,17,20,23,29-30,35-36,42,57H,1,11,13,16,18-19,21-22,24-28H2,2-8H3,(H,56,64)/t30-,35-,36-,42-/m0/s1. The molecule has 70 heavy (non-hydrogen) atoms. The zero-order valence-electron chi connectivity index (χ0n) is 40.7. The average Bonchev–Trinajstić information content (AvgIpc) is 4.05. The van der Waals surface area contributed by atoms with Crippen LogP contribution in [-0.4, -0.2) is 142 Å². The normalized spacial score (nSPS) is 21.3. The predicted molar refractivity (Wildman–Crippen MR) is 257 cm³/mol. The van der Waals surface area contributed by atoms with Crippen molar-refractivity contribution in [2.24, 2.45) is 16.7 Å². The number of thiazole rings is 1. The number of fused-ring (bicyclic) bond motifs is 6. The van der Waals surface area contributed by atoms with Gasteiger partial charge in [-0.25, -0.2) is 15.2 Å². The van der Waals surface area contributed by atoms with Crippen molar-refractivity contribution in [2.45, 2.75) is 104 Å². The summed E-state index contributed by atoms with van der Waals surface area (Å²) in [6, 6.07) is 5.22. The quantitative estimate of drug-likeness (QED) is 0.139. The Hall–Kier alpha value is -5.86. The smallest absolute Gasteiger partial charge is 0.406 e. The fraction of sp³-hybridized carbons (Fsp3) is 0.540. The topological polar surface area (TPSA) is 172 Å². The Labute approximate surface area is 409 Å². The van der Waals surface area contributed by atoms with Gasteiger partial charge < -0.3 is 34.1 Å². The lowest BCUT2D eigenvalue weighted by atomic mass is 9.79. The van der Waals surface area contributed by atoms with Gasteiger partial charge in [-0.3, -0.25) is 29.2 Å². The molecule has 2 N–H and O–H groups in total. The molecule has 4 aliphatic rings. The molecule has 4 aliphatic heterocycles. The summed E-state index contributed by atoms with van der Waals surface area (Å²) in [4.78, 5) is 83.6. The van der Waals surface area contributed by atoms with Gasteiger partial charge in [-0.1, -0.05) is 40.3 Å². The second-order valence-electron chi connectivity index (χ2n) is 20.4. The second kappa shape index (κ2) is 19.7. The van der Waals surface area contributed by atoms with E-state index in [1.807, 2.05) is 39.1 Å². The third kappa shape index (κ3) is 10.3. The summed E-state index contributed by atoms with van der Waals surface area (Å²) in [7, 11) is 3.08. The van der Waals surface area contributed by atoms with E-state index in [1.54, 1.807) is 54.2 Å². The van der Waals surface area contributed by atoms with Crippen LogP contribution in [0.25, 0.3) is 33.4 Å². The van der Waals surface area contributed by atoms with Crippen molar-refractivity contribution in [1.82, 2.24) is 45.0 Å². The van der Waals surface area contributed by atoms with E-state index in [4.69, 9.17) is 14.5 Å². The van der Waals surface area contributed by atoms with E-state index in [-0.39, 0.29) is 49.3 Å². The molecular weight excluding hydrogens is 928 g/mol. The van der Waals surface area contributed by atoms with Crippen molar-refractivity contribution in [3.05, 3.63) is 70.8 Å². The SMILES string of the molecule is C=CC(=O)N1CCC2(C1)CN(C(=O)N(C)[C@H](C(=O)N[C@H]1Cc3nc(cs3)-c3ccc4c(c3)c(c(-c3cccnc3[C@H](C)OC)n4CC(F)(F)F)CC(C)(C)COC(=O)[C@@H]3CCCN(N3)C1=O)C(C)C)C2. The first-order valence-electron chi connectivity index (χ1n) is 23.7. The van der Waals surface area contributed by atoms with Gasteiger partial charge >= 0.3 is 18.2 Å². The minimum atomic E-state index is -4.59. The van der Waals surface area contributed by atoms with Crippen LogP contribution in [0.5, 0.6) is 0 Å². The maximum Gasteiger partial charge on any atom is 0.406 e. The van der Waals surface area contributed by atoms with Crippen molar-refractivity contribution in [2.75, 3.05) is 53.5 Å². The van der Waals surface area contributed by atoms with Gasteiger partial charge in [0.15, 0.2) is 0 Å². The minimum absolute atomic E-state index is 0.0468. The molecule has 3 fully saturated rings. The van der Waals surface area contributed by atoms with Crippen LogP contribution in [0.3, 0.4) is 0 Å². The van der Waals surface area contributed by atoms with E-state index in [0.717, 1.165) is 6.42 Å². The number of pyridine rings is 1. The zero-order valence-corrected chi connectivity index (χ0v) is 41.5. The average molecular weight is 990 g/mol. The summed E-state index contributed by atoms with van der Waals surface area (Å²) in [6.07, 6.45) is -0.559. The molecule has 7 heterocycles. The first kappa shape index (κ1) is 50.5. The van der Waals surface area contributed by atoms with E-state index in [1.165, 1.54) is 39.0 Å². The van der Waals surface area contributed by atoms with Crippen molar-refractivity contribution >= 4 is 52.0 Å². The number of halogens is 3. The van der Waals surface area contributed by atoms with Crippen molar-refractivity contribution < 1.29 is 46.6 Å². The molecule has 4 atom stereocenters. The number of rotatable bonds is 9. The fourth-order valence-electron chi connectivity index (χ4n) is 10.5. The number of methoxy groups -OCH3 is 1. The Morgan fingerprint density at radius 3 is 2.56 bits per heavy atom. The van der Waals surface area contributed by atoms with Crippen molar-refractivity contribution in [1.29, 1.82) is 0 Å². The Morgan fingerprint density at radius 1 is 1.11 bits per heavy atom. The highest BCUT2D eigenvalue weighted by atomic mass is 32.1. The molecule has 0 aliphatic carbocycles. The number of hydrogen-bond acceptors (Lipinski definition) is 11. The number of alkyl halides is 3. The van der Waals surface area contributed by atoms with Gasteiger partial charge in [0.1, 0.15) is 24.7 Å². The van der Waals surface area contributed by atoms with Crippen LogP contribution in [0, 0.1) is 16.7 Å². The Kier molecular flexibility index (Phi) is 14.2. The van der Waals surface area contributed by atoms with E-state index in [9.17, 15) is 37.1 Å². The van der Waals surface area contributed by atoms with Gasteiger partial charge in [0.25, 0.3) is 5.91 Å². The zero-order chi connectivity index (χ0) is 50.4. The minimum Gasteiger partial charge on any atom is -0.464 e. The lowest BCUT2D eigenvalue weighted by Crippen LogP contribution is -2.65. The number of carbonyl (C=O) groups excluding carboxylic acids is 5. The maximum absolute atomic E-state index is 14.7. The number of benzene rings is 1. The third-order valence-electron chi connectivity index (χ3n) is 14.0. The Morgan fingerprint density at radius 2 is 1.86 bits per heavy atom. The molecule has 6 bridgehead atoms. The number of hydrogen-bond donors (Lipinski definition) is 2. The van der Waals surface area contributed by atoms with Crippen LogP contribution in [0.1, 0.15) is 76.3 Å². The van der Waals surface area contributed by atoms with Gasteiger partial charge in [0.05, 0.1) is 34.8 Å². The molecule has 3 saturated heterocycles. The summed E-state index contributed by atoms with van der Waals surface area (Å²) in [5, 5.41) is 7.16. The molecule has 0 saturated carbocycles. The monoisotopic (exact) mass is 989 g/mol. The lowest BCUT2D eigenvalue weighted by Gasteiger charge is -2.49. The van der Waals surface area contributed by atoms with Gasteiger partial charge in [0.2, 0.25) is 11.8 Å². The number of carbonyl (C=O) groups is 5. The number of nitrogens with zero attached hydrogens (tertiary/aromatic N) is 7. The molecule has 0 unspecified atom stereocenters. The number of esters is 1. The molecule has 1 aromatic carbocycles. The van der Waals surface area contributed by atoms with E-state index >= 15 is 0 Å². The number of aromatic nitrogens is 3. The van der Waals surface area contributed by atoms with E-state index < -0.39 is 60.1 Å². The summed E-state index contributed by atoms with van der Waals surface area (Å²) in [6.45, 7) is 13.6. The van der Waals surface area contributed by atoms with E-state index in [2.05, 4.69) is 22.3 Å². The number of hydrazine groups is 1. The van der Waals surface area contributed by atoms with Gasteiger partial charge in [-0.15, -0.1) is 11.3 Å². The first-order chi connectivity index (χ1) is 33.1. The second-order valence-corrected chi connectivity index (χ2v) is 21.3. The van der Waals surface area contributed by atoms with Crippen LogP contribution in [-0.2, 0) is 48.0 Å². The summed E-state index contributed by atoms with van der Waals surface area (Å²) in [5.41, 5.74) is 5.39. The molecule has 0 radical (unpaired) electrons. The maximum atomic E-state index is 14.7. The van der Waals surface area contributed by atoms with Gasteiger partial charge in [-0.05, 0) is 74.4 Å². The Balaban J connectivity index is 1.15. The van der Waals surface area contributed by atoms with Crippen molar-refractivity contribution in [3.63, 3.8) is 0 Å². The fourth-order valence-corrected chi connectivity index (χ4v) is 11.4. The van der Waals surface area contributed by atoms with Gasteiger partial charge in [-0.2, -0.15) is 13.2 Å². The molecule has 376 valence electrons. The lowest BCUT2D eigenvalue weighted by molar-refractivity contribution is -0.155. The Bertz CT molecular complexity index is 2680. The van der Waals surface area contributed by atoms with E-state index in [0.29, 0.717) is 88.7 Å². The van der Waals surface area contributed by atoms with Gasteiger partial charge in [0, 0.05) is 97.7 Å². The largest absolute Gasteiger partial charge is 0.464 e. The molecule has 3 aromatic heterocycles. The van der Waals surface area contributed by atoms with Crippen LogP contribution >= 0.6 is 11.3 Å². The molecular formula is C50H62F3N9O7S. The molecule has 20 heteroatoms. The first-order valence-corrected chi connectivity index (χ1v) is 24.6. The third-order valence-corrected chi connectivity index (χ3v) is 14.9. The molecule has 4 aromatic rings. The van der Waals surface area contributed by atoms with Crippen LogP contribution in [0.15, 0.2) is 54.6 Å². The summed E-state index contributed by atoms with van der Waals surface area (Å²) >= 11 is 1.27. The molecule has 5 amide bonds. The number of cyclic esters (lactones) is 1. The predicted octanol–water partition coefficient (Wildman–Crippen LogP) is 6.54. The molecule has 8 rings (SSSR count). The van der Waals surface area contributed by atoms with Crippen molar-refractivity contribution in [3.8, 4) is 22.5 Å². The number of likely N-dealkylation sites (N-methyl/N-ethyl adjacent to an activating group) is 1.